The van der Waals surface area contributed by atoms with E-state index in [1.54, 1.807) is 25.1 Å². The van der Waals surface area contributed by atoms with E-state index in [1.807, 2.05) is 6.07 Å². The van der Waals surface area contributed by atoms with Crippen LogP contribution >= 0.6 is 11.6 Å². The van der Waals surface area contributed by atoms with Crippen LogP contribution in [-0.4, -0.2) is 11.9 Å². The van der Waals surface area contributed by atoms with Crippen molar-refractivity contribution in [3.8, 4) is 17.1 Å². The molecule has 0 amide bonds. The Morgan fingerprint density at radius 2 is 1.93 bits per heavy atom. The second-order valence-corrected chi connectivity index (χ2v) is 8.55. The first-order chi connectivity index (χ1) is 14.0. The van der Waals surface area contributed by atoms with Gasteiger partial charge in [0.2, 0.25) is 0 Å². The molecule has 2 fully saturated rings. The van der Waals surface area contributed by atoms with Gasteiger partial charge in [-0.25, -0.2) is 0 Å². The first kappa shape index (κ1) is 18.4. The van der Waals surface area contributed by atoms with Gasteiger partial charge >= 0.3 is 0 Å². The van der Waals surface area contributed by atoms with E-state index in [0.717, 1.165) is 18.4 Å². The van der Waals surface area contributed by atoms with Gasteiger partial charge in [-0.3, -0.25) is 9.59 Å². The topological polar surface area (TPSA) is 56.5 Å². The fourth-order valence-electron chi connectivity index (χ4n) is 3.96. The number of rotatable bonds is 5. The Hall–Kier alpha value is -2.59. The highest BCUT2D eigenvalue weighted by Gasteiger charge is 2.35. The van der Waals surface area contributed by atoms with Crippen molar-refractivity contribution >= 4 is 28.4 Å². The molecule has 5 heteroatoms. The fourth-order valence-corrected chi connectivity index (χ4v) is 4.17. The van der Waals surface area contributed by atoms with Gasteiger partial charge in [-0.1, -0.05) is 23.7 Å². The smallest absolute Gasteiger partial charge is 0.193 e. The summed E-state index contributed by atoms with van der Waals surface area (Å²) in [5.74, 6) is 2.03. The van der Waals surface area contributed by atoms with Gasteiger partial charge in [0.25, 0.3) is 0 Å². The van der Waals surface area contributed by atoms with E-state index in [2.05, 4.69) is 12.1 Å². The summed E-state index contributed by atoms with van der Waals surface area (Å²) in [6, 6.07) is 12.8. The highest BCUT2D eigenvalue weighted by molar-refractivity contribution is 6.34. The molecule has 3 aromatic rings. The summed E-state index contributed by atoms with van der Waals surface area (Å²) in [5.41, 5.74) is 2.22. The minimum absolute atomic E-state index is 0.00729. The molecule has 29 heavy (non-hydrogen) atoms. The lowest BCUT2D eigenvalue weighted by Crippen LogP contribution is -2.37. The number of benzene rings is 2. The lowest BCUT2D eigenvalue weighted by molar-refractivity contribution is -0.126. The summed E-state index contributed by atoms with van der Waals surface area (Å²) in [5, 5.41) is 0.864. The quantitative estimate of drug-likeness (QED) is 0.540. The van der Waals surface area contributed by atoms with Crippen molar-refractivity contribution in [3.63, 3.8) is 0 Å². The Morgan fingerprint density at radius 3 is 2.66 bits per heavy atom. The molecule has 0 aliphatic heterocycles. The Kier molecular flexibility index (Phi) is 4.47. The van der Waals surface area contributed by atoms with E-state index < -0.39 is 0 Å². The number of halogens is 1. The maximum atomic E-state index is 12.6. The van der Waals surface area contributed by atoms with Crippen molar-refractivity contribution in [3.05, 3.63) is 63.3 Å². The first-order valence-electron chi connectivity index (χ1n) is 10.0. The van der Waals surface area contributed by atoms with Crippen LogP contribution < -0.4 is 10.2 Å². The zero-order chi connectivity index (χ0) is 20.1. The van der Waals surface area contributed by atoms with E-state index in [0.29, 0.717) is 33.4 Å². The van der Waals surface area contributed by atoms with Gasteiger partial charge in [0, 0.05) is 12.0 Å². The van der Waals surface area contributed by atoms with Crippen LogP contribution in [0.1, 0.15) is 44.1 Å². The second-order valence-electron chi connectivity index (χ2n) is 8.14. The van der Waals surface area contributed by atoms with Gasteiger partial charge in [-0.05, 0) is 68.4 Å². The third kappa shape index (κ3) is 3.46. The molecule has 0 N–H and O–H groups in total. The van der Waals surface area contributed by atoms with Crippen LogP contribution in [0.5, 0.6) is 5.75 Å². The number of Topliss-reactive ketones (excluding diaryl/α,β-unsaturated/α-hetero) is 1. The Morgan fingerprint density at radius 1 is 1.14 bits per heavy atom. The maximum Gasteiger partial charge on any atom is 0.193 e. The summed E-state index contributed by atoms with van der Waals surface area (Å²) < 4.78 is 12.3. The number of ether oxygens (including phenoxy) is 1. The molecule has 2 aliphatic rings. The molecule has 0 spiro atoms. The molecule has 148 valence electrons. The molecule has 1 aromatic heterocycles. The number of carbonyl (C=O) groups is 1. The normalized spacial score (nSPS) is 21.0. The van der Waals surface area contributed by atoms with Gasteiger partial charge in [0.1, 0.15) is 23.4 Å². The predicted molar refractivity (Wildman–Crippen MR) is 113 cm³/mol. The summed E-state index contributed by atoms with van der Waals surface area (Å²) >= 11 is 6.27. The number of carbonyl (C=O) groups excluding carboxylic acids is 1. The van der Waals surface area contributed by atoms with E-state index in [4.69, 9.17) is 20.8 Å². The molecule has 2 saturated carbocycles. The van der Waals surface area contributed by atoms with Crippen LogP contribution in [0.4, 0.5) is 0 Å². The lowest BCUT2D eigenvalue weighted by Gasteiger charge is -2.34. The van der Waals surface area contributed by atoms with E-state index in [9.17, 15) is 9.59 Å². The van der Waals surface area contributed by atoms with Crippen LogP contribution in [0.3, 0.4) is 0 Å². The molecular formula is C24H21ClO4. The second kappa shape index (κ2) is 7.03. The Bertz CT molecular complexity index is 1170. The highest BCUT2D eigenvalue weighted by Crippen LogP contribution is 2.44. The molecule has 0 unspecified atom stereocenters. The van der Waals surface area contributed by atoms with Gasteiger partial charge in [-0.2, -0.15) is 0 Å². The van der Waals surface area contributed by atoms with Gasteiger partial charge < -0.3 is 9.15 Å². The molecule has 0 saturated heterocycles. The average molecular weight is 409 g/mol. The van der Waals surface area contributed by atoms with Crippen LogP contribution in [-0.2, 0) is 4.79 Å². The first-order valence-corrected chi connectivity index (χ1v) is 10.4. The Labute approximate surface area is 173 Å². The summed E-state index contributed by atoms with van der Waals surface area (Å²) in [4.78, 5) is 24.2. The lowest BCUT2D eigenvalue weighted by atomic mass is 9.80. The van der Waals surface area contributed by atoms with Crippen molar-refractivity contribution in [1.82, 2.24) is 0 Å². The molecular weight excluding hydrogens is 388 g/mol. The number of para-hydroxylation sites is 1. The van der Waals surface area contributed by atoms with Crippen LogP contribution in [0, 0.1) is 5.92 Å². The molecule has 0 radical (unpaired) electrons. The minimum atomic E-state index is -0.138. The largest absolute Gasteiger partial charge is 0.490 e. The fraction of sp³-hybridized carbons (Fsp3) is 0.333. The summed E-state index contributed by atoms with van der Waals surface area (Å²) in [6.45, 7) is 1.63. The average Bonchev–Trinajstić information content (AvgIpc) is 3.50. The van der Waals surface area contributed by atoms with Gasteiger partial charge in [0.15, 0.2) is 11.0 Å². The number of hydrogen-bond acceptors (Lipinski definition) is 4. The summed E-state index contributed by atoms with van der Waals surface area (Å²) in [6.07, 6.45) is 3.85. The minimum Gasteiger partial charge on any atom is -0.490 e. The predicted octanol–water partition coefficient (Wildman–Crippen LogP) is 5.74. The van der Waals surface area contributed by atoms with Crippen molar-refractivity contribution in [2.45, 2.75) is 44.6 Å². The molecule has 5 rings (SSSR count). The third-order valence-corrected chi connectivity index (χ3v) is 6.29. The maximum absolute atomic E-state index is 12.6. The van der Waals surface area contributed by atoms with Crippen LogP contribution in [0.2, 0.25) is 5.02 Å². The van der Waals surface area contributed by atoms with E-state index in [-0.39, 0.29) is 23.2 Å². The van der Waals surface area contributed by atoms with Crippen LogP contribution in [0.25, 0.3) is 22.3 Å². The van der Waals surface area contributed by atoms with Gasteiger partial charge in [-0.15, -0.1) is 0 Å². The van der Waals surface area contributed by atoms with Gasteiger partial charge in [0.05, 0.1) is 16.0 Å². The monoisotopic (exact) mass is 408 g/mol. The van der Waals surface area contributed by atoms with Crippen molar-refractivity contribution in [2.75, 3.05) is 0 Å². The molecule has 0 atom stereocenters. The number of hydrogen-bond donors (Lipinski definition) is 0. The standard InChI is InChI=1S/C24H21ClO4/c1-13(26)16-9-17(10-16)28-22-11-15(14-5-6-14)7-8-19(22)23-12-21(27)18-3-2-4-20(25)24(18)29-23/h2-4,7-8,11-12,14,16-17H,5-6,9-10H2,1H3. The van der Waals surface area contributed by atoms with Crippen molar-refractivity contribution < 1.29 is 13.9 Å². The van der Waals surface area contributed by atoms with Crippen molar-refractivity contribution in [2.24, 2.45) is 5.92 Å². The third-order valence-electron chi connectivity index (χ3n) is 5.99. The zero-order valence-corrected chi connectivity index (χ0v) is 16.9. The highest BCUT2D eigenvalue weighted by atomic mass is 35.5. The van der Waals surface area contributed by atoms with Crippen molar-refractivity contribution in [1.29, 1.82) is 0 Å². The summed E-state index contributed by atoms with van der Waals surface area (Å²) in [7, 11) is 0. The molecule has 2 aliphatic carbocycles. The zero-order valence-electron chi connectivity index (χ0n) is 16.1. The molecule has 0 bridgehead atoms. The number of fused-ring (bicyclic) bond motifs is 1. The van der Waals surface area contributed by atoms with E-state index >= 15 is 0 Å². The molecule has 2 aromatic carbocycles. The number of ketones is 1. The molecule has 1 heterocycles. The SMILES string of the molecule is CC(=O)C1CC(Oc2cc(C3CC3)ccc2-c2cc(=O)c3cccc(Cl)c3o2)C1. The Balaban J connectivity index is 1.56. The molecule has 4 nitrogen and oxygen atoms in total. The van der Waals surface area contributed by atoms with E-state index in [1.165, 1.54) is 24.5 Å². The van der Waals surface area contributed by atoms with Crippen LogP contribution in [0.15, 0.2) is 51.7 Å².